The van der Waals surface area contributed by atoms with Gasteiger partial charge in [-0.1, -0.05) is 13.8 Å². The van der Waals surface area contributed by atoms with Gasteiger partial charge in [-0.15, -0.1) is 0 Å². The molecule has 21 heavy (non-hydrogen) atoms. The molecule has 0 bridgehead atoms. The van der Waals surface area contributed by atoms with Gasteiger partial charge in [-0.05, 0) is 37.4 Å². The van der Waals surface area contributed by atoms with Crippen molar-refractivity contribution in [3.63, 3.8) is 0 Å². The van der Waals surface area contributed by atoms with Crippen molar-refractivity contribution >= 4 is 5.91 Å². The average Bonchev–Trinajstić information content (AvgIpc) is 3.00. The van der Waals surface area contributed by atoms with E-state index >= 15 is 0 Å². The molecule has 5 nitrogen and oxygen atoms in total. The van der Waals surface area contributed by atoms with Gasteiger partial charge in [0.1, 0.15) is 5.75 Å². The summed E-state index contributed by atoms with van der Waals surface area (Å²) in [5.41, 5.74) is 0.980. The summed E-state index contributed by atoms with van der Waals surface area (Å²) in [4.78, 5) is 18.1. The van der Waals surface area contributed by atoms with Gasteiger partial charge in [0.05, 0.1) is 11.9 Å². The fraction of sp³-hybridized carbons (Fsp3) is 0.625. The van der Waals surface area contributed by atoms with E-state index in [9.17, 15) is 4.79 Å². The van der Waals surface area contributed by atoms with Crippen molar-refractivity contribution in [1.29, 1.82) is 0 Å². The lowest BCUT2D eigenvalue weighted by molar-refractivity contribution is -0.132. The van der Waals surface area contributed by atoms with Crippen LogP contribution in [0.15, 0.2) is 18.3 Å². The third-order valence-electron chi connectivity index (χ3n) is 3.48. The third-order valence-corrected chi connectivity index (χ3v) is 3.48. The minimum atomic E-state index is 0.0650. The number of nitrogens with one attached hydrogen (secondary N) is 1. The molecule has 0 atom stereocenters. The van der Waals surface area contributed by atoms with Crippen LogP contribution in [-0.4, -0.2) is 42.0 Å². The molecule has 1 N–H and O–H groups in total. The minimum Gasteiger partial charge on any atom is -0.482 e. The Kier molecular flexibility index (Phi) is 5.99. The maximum Gasteiger partial charge on any atom is 0.260 e. The second-order valence-electron chi connectivity index (χ2n) is 5.89. The van der Waals surface area contributed by atoms with Crippen LogP contribution in [0.3, 0.4) is 0 Å². The van der Waals surface area contributed by atoms with E-state index < -0.39 is 0 Å². The predicted molar refractivity (Wildman–Crippen MR) is 82.1 cm³/mol. The number of hydrogen-bond acceptors (Lipinski definition) is 4. The van der Waals surface area contributed by atoms with Gasteiger partial charge in [0.25, 0.3) is 5.91 Å². The number of carbonyl (C=O) groups is 1. The summed E-state index contributed by atoms with van der Waals surface area (Å²) in [5.74, 6) is 1.34. The number of rotatable bonds is 7. The SMILES string of the molecule is CC(C)CNCc1ccc(OCC(=O)N2CCCC2)cn1. The molecule has 0 aromatic carbocycles. The molecule has 2 rings (SSSR count). The van der Waals surface area contributed by atoms with E-state index in [-0.39, 0.29) is 12.5 Å². The first kappa shape index (κ1) is 15.8. The second-order valence-corrected chi connectivity index (χ2v) is 5.89. The van der Waals surface area contributed by atoms with Gasteiger partial charge in [0.2, 0.25) is 0 Å². The zero-order valence-electron chi connectivity index (χ0n) is 13.0. The average molecular weight is 291 g/mol. The Balaban J connectivity index is 1.72. The number of nitrogens with zero attached hydrogens (tertiary/aromatic N) is 2. The van der Waals surface area contributed by atoms with E-state index in [4.69, 9.17) is 4.74 Å². The molecular formula is C16H25N3O2. The molecule has 5 heteroatoms. The molecule has 1 aromatic rings. The quantitative estimate of drug-likeness (QED) is 0.832. The highest BCUT2D eigenvalue weighted by Gasteiger charge is 2.18. The van der Waals surface area contributed by atoms with Crippen molar-refractivity contribution in [2.24, 2.45) is 5.92 Å². The smallest absolute Gasteiger partial charge is 0.260 e. The molecule has 1 amide bonds. The number of carbonyl (C=O) groups excluding carboxylic acids is 1. The van der Waals surface area contributed by atoms with E-state index in [1.54, 1.807) is 6.20 Å². The number of amides is 1. The fourth-order valence-corrected chi connectivity index (χ4v) is 2.29. The first-order chi connectivity index (χ1) is 10.1. The third kappa shape index (κ3) is 5.34. The van der Waals surface area contributed by atoms with Crippen molar-refractivity contribution < 1.29 is 9.53 Å². The summed E-state index contributed by atoms with van der Waals surface area (Å²) in [7, 11) is 0. The number of aromatic nitrogens is 1. The Morgan fingerprint density at radius 3 is 2.76 bits per heavy atom. The standard InChI is InChI=1S/C16H25N3O2/c1-13(2)9-17-10-14-5-6-15(11-18-14)21-12-16(20)19-7-3-4-8-19/h5-6,11,13,17H,3-4,7-10,12H2,1-2H3. The van der Waals surface area contributed by atoms with Gasteiger partial charge in [0, 0.05) is 19.6 Å². The Morgan fingerprint density at radius 2 is 2.14 bits per heavy atom. The van der Waals surface area contributed by atoms with Crippen LogP contribution in [0.25, 0.3) is 0 Å². The van der Waals surface area contributed by atoms with Gasteiger partial charge in [0.15, 0.2) is 6.61 Å². The lowest BCUT2D eigenvalue weighted by Gasteiger charge is -2.15. The lowest BCUT2D eigenvalue weighted by Crippen LogP contribution is -2.32. The first-order valence-corrected chi connectivity index (χ1v) is 7.71. The topological polar surface area (TPSA) is 54.5 Å². The lowest BCUT2D eigenvalue weighted by atomic mass is 10.2. The van der Waals surface area contributed by atoms with Crippen LogP contribution < -0.4 is 10.1 Å². The highest BCUT2D eigenvalue weighted by Crippen LogP contribution is 2.11. The normalized spacial score (nSPS) is 14.7. The maximum atomic E-state index is 11.9. The molecule has 1 aliphatic rings. The summed E-state index contributed by atoms with van der Waals surface area (Å²) < 4.78 is 5.50. The molecule has 1 saturated heterocycles. The van der Waals surface area contributed by atoms with Crippen LogP contribution in [0.1, 0.15) is 32.4 Å². The summed E-state index contributed by atoms with van der Waals surface area (Å²) in [6.07, 6.45) is 3.89. The summed E-state index contributed by atoms with van der Waals surface area (Å²) >= 11 is 0. The highest BCUT2D eigenvalue weighted by atomic mass is 16.5. The monoisotopic (exact) mass is 291 g/mol. The van der Waals surface area contributed by atoms with Crippen LogP contribution in [0.2, 0.25) is 0 Å². The molecule has 1 fully saturated rings. The number of likely N-dealkylation sites (tertiary alicyclic amines) is 1. The largest absolute Gasteiger partial charge is 0.482 e. The van der Waals surface area contributed by atoms with Crippen LogP contribution in [-0.2, 0) is 11.3 Å². The van der Waals surface area contributed by atoms with Gasteiger partial charge in [-0.3, -0.25) is 9.78 Å². The highest BCUT2D eigenvalue weighted by molar-refractivity contribution is 5.77. The zero-order valence-corrected chi connectivity index (χ0v) is 13.0. The van der Waals surface area contributed by atoms with E-state index in [0.717, 1.165) is 44.7 Å². The number of hydrogen-bond donors (Lipinski definition) is 1. The second kappa shape index (κ2) is 7.98. The Bertz CT molecular complexity index is 439. The van der Waals surface area contributed by atoms with Crippen LogP contribution in [0.5, 0.6) is 5.75 Å². The molecule has 2 heterocycles. The summed E-state index contributed by atoms with van der Waals surface area (Å²) in [6, 6.07) is 3.81. The molecule has 0 spiro atoms. The van der Waals surface area contributed by atoms with Crippen molar-refractivity contribution in [3.8, 4) is 5.75 Å². The van der Waals surface area contributed by atoms with E-state index in [0.29, 0.717) is 11.7 Å². The molecular weight excluding hydrogens is 266 g/mol. The van der Waals surface area contributed by atoms with E-state index in [2.05, 4.69) is 24.1 Å². The molecule has 1 aliphatic heterocycles. The van der Waals surface area contributed by atoms with Crippen molar-refractivity contribution in [2.45, 2.75) is 33.2 Å². The zero-order chi connectivity index (χ0) is 15.1. The molecule has 0 radical (unpaired) electrons. The van der Waals surface area contributed by atoms with Gasteiger partial charge < -0.3 is 15.0 Å². The van der Waals surface area contributed by atoms with Crippen molar-refractivity contribution in [1.82, 2.24) is 15.2 Å². The van der Waals surface area contributed by atoms with Gasteiger partial charge >= 0.3 is 0 Å². The van der Waals surface area contributed by atoms with Gasteiger partial charge in [-0.25, -0.2) is 0 Å². The van der Waals surface area contributed by atoms with E-state index in [1.165, 1.54) is 0 Å². The van der Waals surface area contributed by atoms with Crippen molar-refractivity contribution in [2.75, 3.05) is 26.2 Å². The summed E-state index contributed by atoms with van der Waals surface area (Å²) in [5, 5.41) is 3.34. The molecule has 0 aliphatic carbocycles. The molecule has 1 aromatic heterocycles. The first-order valence-electron chi connectivity index (χ1n) is 7.71. The van der Waals surface area contributed by atoms with Crippen LogP contribution in [0.4, 0.5) is 0 Å². The maximum absolute atomic E-state index is 11.9. The predicted octanol–water partition coefficient (Wildman–Crippen LogP) is 1.83. The Labute approximate surface area is 126 Å². The molecule has 0 unspecified atom stereocenters. The van der Waals surface area contributed by atoms with Crippen LogP contribution in [0, 0.1) is 5.92 Å². The minimum absolute atomic E-state index is 0.0650. The van der Waals surface area contributed by atoms with Crippen molar-refractivity contribution in [3.05, 3.63) is 24.0 Å². The van der Waals surface area contributed by atoms with Gasteiger partial charge in [-0.2, -0.15) is 0 Å². The van der Waals surface area contributed by atoms with Crippen LogP contribution >= 0.6 is 0 Å². The number of pyridine rings is 1. The number of ether oxygens (including phenoxy) is 1. The molecule has 0 saturated carbocycles. The summed E-state index contributed by atoms with van der Waals surface area (Å²) in [6.45, 7) is 7.91. The Hall–Kier alpha value is -1.62. The van der Waals surface area contributed by atoms with E-state index in [1.807, 2.05) is 17.0 Å². The molecule has 116 valence electrons. The Morgan fingerprint density at radius 1 is 1.38 bits per heavy atom. The fourth-order valence-electron chi connectivity index (χ4n) is 2.29.